The molecule has 0 radical (unpaired) electrons. The Kier molecular flexibility index (Phi) is 4.70. The first kappa shape index (κ1) is 19.6. The van der Waals surface area contributed by atoms with Crippen LogP contribution in [0, 0.1) is 17.5 Å². The Bertz CT molecular complexity index is 1240. The van der Waals surface area contributed by atoms with Crippen LogP contribution >= 0.6 is 11.6 Å². The number of hydrogen-bond donors (Lipinski definition) is 1. The third kappa shape index (κ3) is 3.54. The van der Waals surface area contributed by atoms with Crippen molar-refractivity contribution >= 4 is 40.8 Å². The lowest BCUT2D eigenvalue weighted by atomic mass is 10.0. The molecule has 2 aliphatic heterocycles. The number of urea groups is 1. The number of aromatic nitrogens is 2. The molecule has 0 saturated carbocycles. The van der Waals surface area contributed by atoms with Crippen LogP contribution in [0.25, 0.3) is 17.0 Å². The maximum atomic E-state index is 14.4. The van der Waals surface area contributed by atoms with Gasteiger partial charge in [-0.05, 0) is 41.5 Å². The van der Waals surface area contributed by atoms with Crippen molar-refractivity contribution in [1.29, 1.82) is 0 Å². The fourth-order valence-electron chi connectivity index (χ4n) is 3.80. The van der Waals surface area contributed by atoms with Crippen molar-refractivity contribution in [1.82, 2.24) is 20.1 Å². The summed E-state index contributed by atoms with van der Waals surface area (Å²) in [6.45, 7) is 0.599. The van der Waals surface area contributed by atoms with Gasteiger partial charge in [-0.15, -0.1) is 0 Å². The van der Waals surface area contributed by atoms with Gasteiger partial charge in [0.15, 0.2) is 0 Å². The van der Waals surface area contributed by atoms with Crippen LogP contribution in [0.1, 0.15) is 23.6 Å². The van der Waals surface area contributed by atoms with E-state index in [0.29, 0.717) is 41.5 Å². The first-order valence-corrected chi connectivity index (χ1v) is 9.86. The second-order valence-corrected chi connectivity index (χ2v) is 7.84. The van der Waals surface area contributed by atoms with Crippen LogP contribution in [0.15, 0.2) is 41.0 Å². The zero-order valence-electron chi connectivity index (χ0n) is 15.9. The minimum absolute atomic E-state index is 0.271. The van der Waals surface area contributed by atoms with Crippen LogP contribution in [-0.2, 0) is 0 Å². The maximum Gasteiger partial charge on any atom is 0.341 e. The molecule has 0 spiro atoms. The van der Waals surface area contributed by atoms with Crippen molar-refractivity contribution in [3.05, 3.63) is 69.6 Å². The summed E-state index contributed by atoms with van der Waals surface area (Å²) in [4.78, 5) is 14.4. The highest BCUT2D eigenvalue weighted by molar-refractivity contribution is 6.34. The molecule has 2 aromatic carbocycles. The van der Waals surface area contributed by atoms with E-state index < -0.39 is 23.5 Å². The van der Waals surface area contributed by atoms with Crippen LogP contribution in [0.5, 0.6) is 0 Å². The van der Waals surface area contributed by atoms with Gasteiger partial charge in [-0.1, -0.05) is 11.6 Å². The fourth-order valence-corrected chi connectivity index (χ4v) is 4.00. The van der Waals surface area contributed by atoms with Gasteiger partial charge in [0.2, 0.25) is 0 Å². The number of hydrogen-bond acceptors (Lipinski definition) is 3. The topological polar surface area (TPSA) is 64.6 Å². The van der Waals surface area contributed by atoms with E-state index in [2.05, 4.69) is 15.3 Å². The summed E-state index contributed by atoms with van der Waals surface area (Å²) in [5, 5.41) is 12.7. The van der Waals surface area contributed by atoms with Gasteiger partial charge in [-0.25, -0.2) is 23.0 Å². The van der Waals surface area contributed by atoms with E-state index >= 15 is 0 Å². The maximum absolute atomic E-state index is 14.4. The number of aromatic amines is 1. The van der Waals surface area contributed by atoms with Crippen molar-refractivity contribution in [2.45, 2.75) is 12.5 Å². The zero-order chi connectivity index (χ0) is 21.7. The van der Waals surface area contributed by atoms with Gasteiger partial charge in [0.05, 0.1) is 11.6 Å². The van der Waals surface area contributed by atoms with E-state index in [1.165, 1.54) is 28.1 Å². The lowest BCUT2D eigenvalue weighted by molar-refractivity contribution is 0.136. The Hall–Kier alpha value is -3.33. The molecule has 1 N–H and O–H groups in total. The number of nitrogens with zero attached hydrogens (tertiary/aromatic N) is 4. The average Bonchev–Trinajstić information content (AvgIpc) is 3.31. The molecule has 3 aromatic rings. The summed E-state index contributed by atoms with van der Waals surface area (Å²) < 4.78 is 41.6. The van der Waals surface area contributed by atoms with Gasteiger partial charge in [0, 0.05) is 42.7 Å². The van der Waals surface area contributed by atoms with E-state index in [1.807, 2.05) is 0 Å². The number of fused-ring (bicyclic) bond motifs is 1. The summed E-state index contributed by atoms with van der Waals surface area (Å²) in [5.74, 6) is -1.85. The Morgan fingerprint density at radius 3 is 2.61 bits per heavy atom. The number of carbonyl (C=O) groups excluding carboxylic acids is 1. The molecule has 3 heterocycles. The number of rotatable bonds is 2. The van der Waals surface area contributed by atoms with E-state index in [1.54, 1.807) is 18.4 Å². The minimum atomic E-state index is -0.708. The Morgan fingerprint density at radius 2 is 1.87 bits per heavy atom. The number of likely N-dealkylation sites (tertiary alicyclic amines) is 1. The van der Waals surface area contributed by atoms with E-state index in [9.17, 15) is 18.0 Å². The molecule has 31 heavy (non-hydrogen) atoms. The third-order valence-electron chi connectivity index (χ3n) is 5.34. The summed E-state index contributed by atoms with van der Waals surface area (Å²) in [6, 6.07) is 5.13. The molecular weight excluding hydrogens is 431 g/mol. The van der Waals surface area contributed by atoms with Crippen LogP contribution < -0.4 is 0 Å². The molecule has 6 nitrogen and oxygen atoms in total. The van der Waals surface area contributed by atoms with Gasteiger partial charge in [0.25, 0.3) is 0 Å². The second kappa shape index (κ2) is 7.42. The highest BCUT2D eigenvalue weighted by Crippen LogP contribution is 2.32. The molecule has 1 aromatic heterocycles. The van der Waals surface area contributed by atoms with Crippen molar-refractivity contribution in [3.8, 4) is 0 Å². The lowest BCUT2D eigenvalue weighted by Crippen LogP contribution is -2.49. The van der Waals surface area contributed by atoms with Crippen LogP contribution in [0.4, 0.5) is 18.0 Å². The molecule has 5 rings (SSSR count). The van der Waals surface area contributed by atoms with Gasteiger partial charge < -0.3 is 4.90 Å². The number of carbonyl (C=O) groups is 1. The SMILES string of the molecule is O=C(N1CC(=Cc2cc3n[nH]c(Cl)c3cc2F)C1)N1N=CC[C@H]1c1cc(F)cc(F)c1. The average molecular weight is 446 g/mol. The van der Waals surface area contributed by atoms with Crippen LogP contribution in [-0.4, -0.2) is 45.4 Å². The minimum Gasteiger partial charge on any atom is -0.315 e. The molecule has 0 bridgehead atoms. The molecule has 0 aliphatic carbocycles. The van der Waals surface area contributed by atoms with Gasteiger partial charge in [-0.2, -0.15) is 10.2 Å². The quantitative estimate of drug-likeness (QED) is 0.610. The van der Waals surface area contributed by atoms with Crippen molar-refractivity contribution in [2.24, 2.45) is 5.10 Å². The number of nitrogens with one attached hydrogen (secondary N) is 1. The van der Waals surface area contributed by atoms with E-state index in [4.69, 9.17) is 11.6 Å². The van der Waals surface area contributed by atoms with Gasteiger partial charge in [0.1, 0.15) is 22.6 Å². The monoisotopic (exact) mass is 445 g/mol. The highest BCUT2D eigenvalue weighted by atomic mass is 35.5. The van der Waals surface area contributed by atoms with Crippen molar-refractivity contribution in [3.63, 3.8) is 0 Å². The molecule has 1 atom stereocenters. The second-order valence-electron chi connectivity index (χ2n) is 7.47. The lowest BCUT2D eigenvalue weighted by Gasteiger charge is -2.37. The third-order valence-corrected chi connectivity index (χ3v) is 5.63. The van der Waals surface area contributed by atoms with Crippen LogP contribution in [0.2, 0.25) is 5.15 Å². The van der Waals surface area contributed by atoms with Crippen molar-refractivity contribution < 1.29 is 18.0 Å². The first-order valence-electron chi connectivity index (χ1n) is 9.48. The molecule has 1 fully saturated rings. The Balaban J connectivity index is 1.30. The summed E-state index contributed by atoms with van der Waals surface area (Å²) in [5.41, 5.74) is 2.09. The van der Waals surface area contributed by atoms with Crippen LogP contribution in [0.3, 0.4) is 0 Å². The molecule has 158 valence electrons. The number of benzene rings is 2. The Labute approximate surface area is 179 Å². The largest absolute Gasteiger partial charge is 0.341 e. The number of halogens is 4. The highest BCUT2D eigenvalue weighted by Gasteiger charge is 2.35. The molecule has 10 heteroatoms. The van der Waals surface area contributed by atoms with Crippen molar-refractivity contribution in [2.75, 3.05) is 13.1 Å². The molecule has 1 saturated heterocycles. The standard InChI is InChI=1S/C21H15ClF3N5O/c22-20-16-8-17(25)12(6-18(16)27-28-20)3-11-9-29(10-11)21(31)30-19(1-2-26-30)13-4-14(23)7-15(24)5-13/h2-8,19H,1,9-10H2,(H,27,28)/t19-/m0/s1. The first-order chi connectivity index (χ1) is 14.9. The number of amides is 2. The fraction of sp³-hybridized carbons (Fsp3) is 0.190. The Morgan fingerprint density at radius 1 is 1.13 bits per heavy atom. The molecule has 2 amide bonds. The van der Waals surface area contributed by atoms with Gasteiger partial charge in [-0.3, -0.25) is 5.10 Å². The molecular formula is C21H15ClF3N5O. The zero-order valence-corrected chi connectivity index (χ0v) is 16.7. The summed E-state index contributed by atoms with van der Waals surface area (Å²) >= 11 is 5.93. The molecule has 2 aliphatic rings. The summed E-state index contributed by atoms with van der Waals surface area (Å²) in [6.07, 6.45) is 3.58. The number of H-pyrrole nitrogens is 1. The van der Waals surface area contributed by atoms with E-state index in [-0.39, 0.29) is 11.2 Å². The number of hydrazone groups is 1. The van der Waals surface area contributed by atoms with Gasteiger partial charge >= 0.3 is 6.03 Å². The predicted octanol–water partition coefficient (Wildman–Crippen LogP) is 4.89. The molecule has 0 unspecified atom stereocenters. The normalized spacial score (nSPS) is 18.1. The van der Waals surface area contributed by atoms with E-state index in [0.717, 1.165) is 11.6 Å². The smallest absolute Gasteiger partial charge is 0.315 e. The predicted molar refractivity (Wildman–Crippen MR) is 110 cm³/mol. The summed E-state index contributed by atoms with van der Waals surface area (Å²) in [7, 11) is 0.